The molecule has 0 atom stereocenters. The van der Waals surface area contributed by atoms with Gasteiger partial charge in [-0.05, 0) is 48.1 Å². The number of hydrogen-bond acceptors (Lipinski definition) is 3. The van der Waals surface area contributed by atoms with E-state index in [-0.39, 0.29) is 11.8 Å². The smallest absolute Gasteiger partial charge is 0.254 e. The monoisotopic (exact) mass is 425 g/mol. The second-order valence-electron chi connectivity index (χ2n) is 8.62. The number of para-hydroxylation sites is 1. The van der Waals surface area contributed by atoms with Gasteiger partial charge in [0.1, 0.15) is 0 Å². The molecule has 0 saturated carbocycles. The number of allylic oxidation sites excluding steroid dienone is 1. The molecule has 2 amide bonds. The van der Waals surface area contributed by atoms with Crippen LogP contribution in [0.15, 0.2) is 54.6 Å². The van der Waals surface area contributed by atoms with Crippen molar-refractivity contribution >= 4 is 34.4 Å². The Morgan fingerprint density at radius 3 is 2.62 bits per heavy atom. The van der Waals surface area contributed by atoms with Crippen LogP contribution in [-0.4, -0.2) is 53.3 Å². The normalized spacial score (nSPS) is 16.7. The molecule has 1 aliphatic heterocycles. The predicted octanol–water partition coefficient (Wildman–Crippen LogP) is 4.42. The topological polar surface area (TPSA) is 53.5 Å². The number of nitrogens with zero attached hydrogens (tertiary/aromatic N) is 3. The molecule has 0 spiro atoms. The number of likely N-dealkylation sites (tertiary alicyclic amines) is 1. The summed E-state index contributed by atoms with van der Waals surface area (Å²) in [6.07, 6.45) is 5.40. The third-order valence-electron chi connectivity index (χ3n) is 6.52. The van der Waals surface area contributed by atoms with Gasteiger partial charge in [0.2, 0.25) is 5.91 Å². The summed E-state index contributed by atoms with van der Waals surface area (Å²) < 4.78 is 0. The highest BCUT2D eigenvalue weighted by Gasteiger charge is 2.29. The van der Waals surface area contributed by atoms with Gasteiger partial charge < -0.3 is 9.80 Å². The minimum atomic E-state index is 0.00690. The standard InChI is InChI=1S/C27H27N3O2/c1-29(16-17-30-15-7-12-24(30)31)27(32)25-21-10-5-6-11-23(21)28-26-20(13-14-22(25)26)18-19-8-3-2-4-9-19/h2-6,8-11,18H,7,12-17H2,1H3. The molecule has 1 fully saturated rings. The molecule has 1 saturated heterocycles. The van der Waals surface area contributed by atoms with E-state index in [1.807, 2.05) is 54.4 Å². The quantitative estimate of drug-likeness (QED) is 0.608. The van der Waals surface area contributed by atoms with Crippen LogP contribution in [0, 0.1) is 0 Å². The van der Waals surface area contributed by atoms with E-state index in [0.29, 0.717) is 19.5 Å². The zero-order valence-electron chi connectivity index (χ0n) is 18.4. The summed E-state index contributed by atoms with van der Waals surface area (Å²) in [6.45, 7) is 1.91. The predicted molar refractivity (Wildman–Crippen MR) is 127 cm³/mol. The van der Waals surface area contributed by atoms with Crippen molar-refractivity contribution in [1.29, 1.82) is 0 Å². The maximum absolute atomic E-state index is 13.6. The van der Waals surface area contributed by atoms with Crippen LogP contribution in [0.4, 0.5) is 0 Å². The van der Waals surface area contributed by atoms with Gasteiger partial charge in [-0.2, -0.15) is 0 Å². The molecule has 0 N–H and O–H groups in total. The summed E-state index contributed by atoms with van der Waals surface area (Å²) in [7, 11) is 1.83. The first kappa shape index (κ1) is 20.4. The van der Waals surface area contributed by atoms with Crippen molar-refractivity contribution in [2.75, 3.05) is 26.7 Å². The van der Waals surface area contributed by atoms with Gasteiger partial charge in [0.05, 0.1) is 16.8 Å². The lowest BCUT2D eigenvalue weighted by Crippen LogP contribution is -2.37. The van der Waals surface area contributed by atoms with E-state index < -0.39 is 0 Å². The van der Waals surface area contributed by atoms with Crippen molar-refractivity contribution < 1.29 is 9.59 Å². The van der Waals surface area contributed by atoms with Crippen molar-refractivity contribution in [3.8, 4) is 0 Å². The highest BCUT2D eigenvalue weighted by atomic mass is 16.2. The number of aromatic nitrogens is 1. The van der Waals surface area contributed by atoms with Crippen LogP contribution in [0.2, 0.25) is 0 Å². The third kappa shape index (κ3) is 3.79. The van der Waals surface area contributed by atoms with Crippen LogP contribution in [-0.2, 0) is 11.2 Å². The molecule has 1 aromatic heterocycles. The summed E-state index contributed by atoms with van der Waals surface area (Å²) in [5, 5.41) is 0.904. The van der Waals surface area contributed by atoms with Crippen LogP contribution in [0.25, 0.3) is 22.6 Å². The maximum atomic E-state index is 13.6. The van der Waals surface area contributed by atoms with E-state index in [1.54, 1.807) is 4.90 Å². The lowest BCUT2D eigenvalue weighted by Gasteiger charge is -2.23. The van der Waals surface area contributed by atoms with E-state index in [4.69, 9.17) is 4.98 Å². The first-order chi connectivity index (χ1) is 15.6. The van der Waals surface area contributed by atoms with Gasteiger partial charge in [-0.3, -0.25) is 9.59 Å². The Bertz CT molecular complexity index is 1220. The van der Waals surface area contributed by atoms with Gasteiger partial charge in [0.15, 0.2) is 0 Å². The maximum Gasteiger partial charge on any atom is 0.254 e. The summed E-state index contributed by atoms with van der Waals surface area (Å²) in [5.74, 6) is 0.198. The third-order valence-corrected chi connectivity index (χ3v) is 6.52. The van der Waals surface area contributed by atoms with Crippen LogP contribution in [0.5, 0.6) is 0 Å². The molecule has 0 radical (unpaired) electrons. The fourth-order valence-corrected chi connectivity index (χ4v) is 4.78. The number of hydrogen-bond donors (Lipinski definition) is 0. The fourth-order valence-electron chi connectivity index (χ4n) is 4.78. The molecule has 32 heavy (non-hydrogen) atoms. The zero-order chi connectivity index (χ0) is 22.1. The summed E-state index contributed by atoms with van der Waals surface area (Å²) in [5.41, 5.74) is 5.91. The van der Waals surface area contributed by atoms with Crippen molar-refractivity contribution in [1.82, 2.24) is 14.8 Å². The largest absolute Gasteiger partial charge is 0.341 e. The molecule has 2 aromatic carbocycles. The molecule has 1 aliphatic carbocycles. The molecular formula is C27H27N3O2. The number of amides is 2. The van der Waals surface area contributed by atoms with Crippen molar-refractivity contribution in [2.45, 2.75) is 25.7 Å². The lowest BCUT2D eigenvalue weighted by atomic mass is 9.99. The summed E-state index contributed by atoms with van der Waals surface area (Å²) >= 11 is 0. The first-order valence-electron chi connectivity index (χ1n) is 11.3. The molecule has 0 bridgehead atoms. The molecule has 3 aromatic rings. The molecular weight excluding hydrogens is 398 g/mol. The Morgan fingerprint density at radius 2 is 1.84 bits per heavy atom. The van der Waals surface area contributed by atoms with Gasteiger partial charge in [-0.1, -0.05) is 48.5 Å². The Labute approximate surface area is 188 Å². The SMILES string of the molecule is CN(CCN1CCCC1=O)C(=O)c1c2c(nc3ccccc13)C(=Cc1ccccc1)CC2. The minimum absolute atomic E-state index is 0.00690. The van der Waals surface area contributed by atoms with E-state index >= 15 is 0 Å². The molecule has 5 rings (SSSR count). The Morgan fingerprint density at radius 1 is 1.06 bits per heavy atom. The molecule has 2 aliphatic rings. The summed E-state index contributed by atoms with van der Waals surface area (Å²) in [6, 6.07) is 18.2. The second-order valence-corrected chi connectivity index (χ2v) is 8.62. The minimum Gasteiger partial charge on any atom is -0.341 e. The van der Waals surface area contributed by atoms with Gasteiger partial charge >= 0.3 is 0 Å². The van der Waals surface area contributed by atoms with E-state index in [0.717, 1.165) is 59.1 Å². The first-order valence-corrected chi connectivity index (χ1v) is 11.3. The number of carbonyl (C=O) groups excluding carboxylic acids is 2. The van der Waals surface area contributed by atoms with Crippen molar-refractivity contribution in [2.24, 2.45) is 0 Å². The van der Waals surface area contributed by atoms with E-state index in [2.05, 4.69) is 18.2 Å². The zero-order valence-corrected chi connectivity index (χ0v) is 18.4. The number of benzene rings is 2. The van der Waals surface area contributed by atoms with Crippen LogP contribution in [0.1, 0.15) is 46.4 Å². The van der Waals surface area contributed by atoms with Crippen molar-refractivity contribution in [3.05, 3.63) is 77.0 Å². The van der Waals surface area contributed by atoms with E-state index in [9.17, 15) is 9.59 Å². The Balaban J connectivity index is 1.51. The number of rotatable bonds is 5. The fraction of sp³-hybridized carbons (Fsp3) is 0.296. The number of pyridine rings is 1. The van der Waals surface area contributed by atoms with Crippen molar-refractivity contribution in [3.63, 3.8) is 0 Å². The van der Waals surface area contributed by atoms with Gasteiger partial charge in [-0.25, -0.2) is 4.98 Å². The molecule has 2 heterocycles. The average Bonchev–Trinajstić information content (AvgIpc) is 3.41. The Kier molecular flexibility index (Phi) is 5.48. The second kappa shape index (κ2) is 8.58. The van der Waals surface area contributed by atoms with Crippen LogP contribution in [0.3, 0.4) is 0 Å². The highest BCUT2D eigenvalue weighted by Crippen LogP contribution is 2.37. The Hall–Kier alpha value is -3.47. The van der Waals surface area contributed by atoms with Gasteiger partial charge in [-0.15, -0.1) is 0 Å². The number of carbonyl (C=O) groups is 2. The molecule has 5 nitrogen and oxygen atoms in total. The number of likely N-dealkylation sites (N-methyl/N-ethyl adjacent to an activating group) is 1. The summed E-state index contributed by atoms with van der Waals surface area (Å²) in [4.78, 5) is 34.2. The molecule has 162 valence electrons. The average molecular weight is 426 g/mol. The molecule has 5 heteroatoms. The van der Waals surface area contributed by atoms with Gasteiger partial charge in [0, 0.05) is 38.5 Å². The van der Waals surface area contributed by atoms with Crippen LogP contribution >= 0.6 is 0 Å². The van der Waals surface area contributed by atoms with Crippen LogP contribution < -0.4 is 0 Å². The highest BCUT2D eigenvalue weighted by molar-refractivity contribution is 6.09. The molecule has 0 unspecified atom stereocenters. The lowest BCUT2D eigenvalue weighted by molar-refractivity contribution is -0.127. The van der Waals surface area contributed by atoms with E-state index in [1.165, 1.54) is 5.57 Å². The number of fused-ring (bicyclic) bond motifs is 2. The van der Waals surface area contributed by atoms with Gasteiger partial charge in [0.25, 0.3) is 5.91 Å².